The van der Waals surface area contributed by atoms with E-state index in [2.05, 4.69) is 43.5 Å². The number of carbonyl (C=O) groups is 3. The van der Waals surface area contributed by atoms with E-state index in [1.165, 1.54) is 96.3 Å². The number of rotatable bonds is 33. The van der Waals surface area contributed by atoms with Crippen molar-refractivity contribution in [2.24, 2.45) is 0 Å². The van der Waals surface area contributed by atoms with Gasteiger partial charge >= 0.3 is 11.9 Å². The normalized spacial score (nSPS) is 12.2. The highest BCUT2D eigenvalue weighted by Crippen LogP contribution is 2.16. The summed E-state index contributed by atoms with van der Waals surface area (Å²) in [6, 6.07) is 0. The monoisotopic (exact) mass is 620 g/mol. The molecule has 2 N–H and O–H groups in total. The molecular weight excluding hydrogens is 550 g/mol. The van der Waals surface area contributed by atoms with E-state index in [4.69, 9.17) is 9.84 Å². The Balaban J connectivity index is 4.17. The number of hydrogen-bond donors (Lipinski definition) is 2. The van der Waals surface area contributed by atoms with Gasteiger partial charge in [-0.15, -0.1) is 0 Å². The molecule has 1 unspecified atom stereocenters. The average Bonchev–Trinajstić information content (AvgIpc) is 3.00. The summed E-state index contributed by atoms with van der Waals surface area (Å²) in [5.41, 5.74) is 0. The number of aliphatic carboxylic acids is 1. The molecule has 0 aromatic carbocycles. The molecular formula is C38H69NO5. The zero-order valence-corrected chi connectivity index (χ0v) is 28.8. The summed E-state index contributed by atoms with van der Waals surface area (Å²) < 4.78 is 5.91. The molecule has 0 heterocycles. The molecule has 44 heavy (non-hydrogen) atoms. The second-order valence-corrected chi connectivity index (χ2v) is 12.5. The lowest BCUT2D eigenvalue weighted by Gasteiger charge is -2.15. The molecule has 0 rings (SSSR count). The molecule has 0 aromatic rings. The zero-order chi connectivity index (χ0) is 32.4. The number of hydrogen-bond acceptors (Lipinski definition) is 4. The fourth-order valence-corrected chi connectivity index (χ4v) is 5.30. The third-order valence-corrected chi connectivity index (χ3v) is 8.08. The first kappa shape index (κ1) is 41.9. The van der Waals surface area contributed by atoms with Gasteiger partial charge in [-0.3, -0.25) is 14.4 Å². The van der Waals surface area contributed by atoms with Crippen LogP contribution in [0.4, 0.5) is 0 Å². The molecule has 256 valence electrons. The summed E-state index contributed by atoms with van der Waals surface area (Å²) in [6.07, 6.45) is 38.8. The SMILES string of the molecule is CCCCCC/C=C\CCCCCCCC(=O)OC(/C=C\CCCCCCCC)CCCCCCCCC(=O)NCC(=O)O. The van der Waals surface area contributed by atoms with Crippen LogP contribution in [0.15, 0.2) is 24.3 Å². The van der Waals surface area contributed by atoms with Crippen molar-refractivity contribution in [3.63, 3.8) is 0 Å². The smallest absolute Gasteiger partial charge is 0.322 e. The second kappa shape index (κ2) is 33.8. The third-order valence-electron chi connectivity index (χ3n) is 8.08. The van der Waals surface area contributed by atoms with Gasteiger partial charge in [0.2, 0.25) is 5.91 Å². The molecule has 6 nitrogen and oxygen atoms in total. The predicted octanol–water partition coefficient (Wildman–Crippen LogP) is 10.8. The molecule has 1 amide bonds. The van der Waals surface area contributed by atoms with Gasteiger partial charge in [-0.05, 0) is 70.3 Å². The summed E-state index contributed by atoms with van der Waals surface area (Å²) in [5, 5.41) is 11.0. The summed E-state index contributed by atoms with van der Waals surface area (Å²) in [6.45, 7) is 4.19. The van der Waals surface area contributed by atoms with E-state index < -0.39 is 5.97 Å². The number of esters is 1. The van der Waals surface area contributed by atoms with Crippen molar-refractivity contribution in [1.29, 1.82) is 0 Å². The van der Waals surface area contributed by atoms with Gasteiger partial charge in [0, 0.05) is 12.8 Å². The van der Waals surface area contributed by atoms with E-state index >= 15 is 0 Å². The molecule has 0 aliphatic carbocycles. The Morgan fingerprint density at radius 1 is 0.591 bits per heavy atom. The minimum atomic E-state index is -1.02. The van der Waals surface area contributed by atoms with Gasteiger partial charge in [-0.25, -0.2) is 0 Å². The summed E-state index contributed by atoms with van der Waals surface area (Å²) in [5.74, 6) is -1.27. The number of unbranched alkanes of at least 4 members (excludes halogenated alkanes) is 20. The largest absolute Gasteiger partial charge is 0.480 e. The van der Waals surface area contributed by atoms with Gasteiger partial charge < -0.3 is 15.2 Å². The topological polar surface area (TPSA) is 92.7 Å². The van der Waals surface area contributed by atoms with E-state index in [9.17, 15) is 14.4 Å². The summed E-state index contributed by atoms with van der Waals surface area (Å²) in [7, 11) is 0. The molecule has 0 aromatic heterocycles. The Labute approximate surface area is 271 Å². The highest BCUT2D eigenvalue weighted by molar-refractivity contribution is 5.80. The van der Waals surface area contributed by atoms with Gasteiger partial charge in [0.05, 0.1) is 0 Å². The lowest BCUT2D eigenvalue weighted by atomic mass is 10.0. The third kappa shape index (κ3) is 32.8. The molecule has 0 saturated carbocycles. The Morgan fingerprint density at radius 3 is 1.61 bits per heavy atom. The molecule has 0 aliphatic rings. The van der Waals surface area contributed by atoms with Crippen LogP contribution in [0.3, 0.4) is 0 Å². The van der Waals surface area contributed by atoms with Crippen molar-refractivity contribution < 1.29 is 24.2 Å². The summed E-state index contributed by atoms with van der Waals surface area (Å²) >= 11 is 0. The van der Waals surface area contributed by atoms with Crippen molar-refractivity contribution >= 4 is 17.8 Å². The highest BCUT2D eigenvalue weighted by Gasteiger charge is 2.11. The zero-order valence-electron chi connectivity index (χ0n) is 28.8. The molecule has 0 bridgehead atoms. The van der Waals surface area contributed by atoms with Crippen LogP contribution in [0.25, 0.3) is 0 Å². The maximum Gasteiger partial charge on any atom is 0.322 e. The van der Waals surface area contributed by atoms with Gasteiger partial charge in [0.25, 0.3) is 0 Å². The fraction of sp³-hybridized carbons (Fsp3) is 0.816. The van der Waals surface area contributed by atoms with E-state index in [1.807, 2.05) is 0 Å². The van der Waals surface area contributed by atoms with Crippen molar-refractivity contribution in [2.45, 2.75) is 193 Å². The van der Waals surface area contributed by atoms with Gasteiger partial charge in [-0.2, -0.15) is 0 Å². The van der Waals surface area contributed by atoms with Gasteiger partial charge in [-0.1, -0.05) is 128 Å². The summed E-state index contributed by atoms with van der Waals surface area (Å²) in [4.78, 5) is 34.7. The standard InChI is InChI=1S/C38H69NO5/c1-3-5-7-9-11-13-14-15-16-17-19-25-29-33-38(43)44-35(30-26-22-18-12-10-8-6-4-2)31-27-23-20-21-24-28-32-36(40)39-34-37(41)42/h13-14,26,30,35H,3-12,15-25,27-29,31-34H2,1-2H3,(H,39,40)(H,41,42)/b14-13-,30-26-. The van der Waals surface area contributed by atoms with Crippen LogP contribution in [0, 0.1) is 0 Å². The van der Waals surface area contributed by atoms with Crippen LogP contribution >= 0.6 is 0 Å². The number of amides is 1. The van der Waals surface area contributed by atoms with Crippen molar-refractivity contribution in [3.8, 4) is 0 Å². The van der Waals surface area contributed by atoms with Crippen molar-refractivity contribution in [1.82, 2.24) is 5.32 Å². The van der Waals surface area contributed by atoms with Crippen LogP contribution in [-0.2, 0) is 19.1 Å². The van der Waals surface area contributed by atoms with E-state index in [0.717, 1.165) is 64.2 Å². The minimum Gasteiger partial charge on any atom is -0.480 e. The van der Waals surface area contributed by atoms with E-state index in [0.29, 0.717) is 12.8 Å². The molecule has 0 fully saturated rings. The lowest BCUT2D eigenvalue weighted by Crippen LogP contribution is -2.28. The molecule has 1 atom stereocenters. The molecule has 6 heteroatoms. The van der Waals surface area contributed by atoms with Crippen LogP contribution in [0.5, 0.6) is 0 Å². The first-order valence-electron chi connectivity index (χ1n) is 18.5. The number of allylic oxidation sites excluding steroid dienone is 3. The van der Waals surface area contributed by atoms with Crippen LogP contribution in [-0.4, -0.2) is 35.6 Å². The van der Waals surface area contributed by atoms with Crippen molar-refractivity contribution in [2.75, 3.05) is 6.54 Å². The Morgan fingerprint density at radius 2 is 1.05 bits per heavy atom. The van der Waals surface area contributed by atoms with Crippen LogP contribution in [0.1, 0.15) is 187 Å². The number of carbonyl (C=O) groups excluding carboxylic acids is 2. The Bertz CT molecular complexity index is 733. The number of carboxylic acid groups (broad SMARTS) is 1. The minimum absolute atomic E-state index is 0.0635. The number of ether oxygens (including phenoxy) is 1. The average molecular weight is 620 g/mol. The number of nitrogens with one attached hydrogen (secondary N) is 1. The quantitative estimate of drug-likeness (QED) is 0.0433. The Kier molecular flexibility index (Phi) is 32.2. The second-order valence-electron chi connectivity index (χ2n) is 12.5. The van der Waals surface area contributed by atoms with Crippen LogP contribution < -0.4 is 5.32 Å². The Hall–Kier alpha value is -2.11. The first-order valence-corrected chi connectivity index (χ1v) is 18.5. The van der Waals surface area contributed by atoms with Crippen LogP contribution in [0.2, 0.25) is 0 Å². The predicted molar refractivity (Wildman–Crippen MR) is 185 cm³/mol. The van der Waals surface area contributed by atoms with Gasteiger partial charge in [0.1, 0.15) is 12.6 Å². The highest BCUT2D eigenvalue weighted by atomic mass is 16.5. The maximum absolute atomic E-state index is 12.6. The fourth-order valence-electron chi connectivity index (χ4n) is 5.30. The number of carboxylic acids is 1. The first-order chi connectivity index (χ1) is 21.5. The lowest BCUT2D eigenvalue weighted by molar-refractivity contribution is -0.147. The van der Waals surface area contributed by atoms with Gasteiger partial charge in [0.15, 0.2) is 0 Å². The molecule has 0 saturated heterocycles. The van der Waals surface area contributed by atoms with E-state index in [1.54, 1.807) is 0 Å². The molecule has 0 aliphatic heterocycles. The van der Waals surface area contributed by atoms with Crippen molar-refractivity contribution in [3.05, 3.63) is 24.3 Å². The molecule has 0 radical (unpaired) electrons. The molecule has 0 spiro atoms. The maximum atomic E-state index is 12.6. The van der Waals surface area contributed by atoms with E-state index in [-0.39, 0.29) is 24.5 Å².